The van der Waals surface area contributed by atoms with E-state index >= 15 is 0 Å². The van der Waals surface area contributed by atoms with E-state index in [2.05, 4.69) is 5.32 Å². The molecule has 0 fully saturated rings. The Morgan fingerprint density at radius 1 is 1.17 bits per heavy atom. The van der Waals surface area contributed by atoms with Crippen LogP contribution in [0.2, 0.25) is 0 Å². The maximum atomic E-state index is 11.6. The lowest BCUT2D eigenvalue weighted by Crippen LogP contribution is -2.24. The van der Waals surface area contributed by atoms with E-state index in [4.69, 9.17) is 15.6 Å². The predicted molar refractivity (Wildman–Crippen MR) is 91.5 cm³/mol. The molecule has 0 bridgehead atoms. The monoisotopic (exact) mass is 326 g/mol. The highest BCUT2D eigenvalue weighted by Crippen LogP contribution is 2.15. The van der Waals surface area contributed by atoms with Crippen LogP contribution in [0.25, 0.3) is 6.08 Å². The number of hydrogen-bond donors (Lipinski definition) is 3. The van der Waals surface area contributed by atoms with Crippen molar-refractivity contribution in [3.63, 3.8) is 0 Å². The van der Waals surface area contributed by atoms with Crippen molar-refractivity contribution in [1.82, 2.24) is 5.32 Å². The fourth-order valence-corrected chi connectivity index (χ4v) is 1.95. The average Bonchev–Trinajstić information content (AvgIpc) is 2.59. The number of aromatic carboxylic acids is 1. The first-order chi connectivity index (χ1) is 11.6. The van der Waals surface area contributed by atoms with E-state index in [0.717, 1.165) is 5.56 Å². The Bertz CT molecular complexity index is 742. The second-order valence-corrected chi connectivity index (χ2v) is 4.99. The third-order valence-corrected chi connectivity index (χ3v) is 3.21. The van der Waals surface area contributed by atoms with Gasteiger partial charge in [0.2, 0.25) is 0 Å². The number of amides is 1. The molecule has 0 aromatic heterocycles. The van der Waals surface area contributed by atoms with Crippen molar-refractivity contribution in [2.45, 2.75) is 6.61 Å². The lowest BCUT2D eigenvalue weighted by atomic mass is 10.1. The number of carbonyl (C=O) groups is 2. The van der Waals surface area contributed by atoms with Crippen LogP contribution < -0.4 is 11.1 Å². The van der Waals surface area contributed by atoms with E-state index in [-0.39, 0.29) is 18.7 Å². The molecule has 0 unspecified atom stereocenters. The number of alkyl carbamates (subject to hydrolysis) is 1. The number of nitrogens with two attached hydrogens (primary N) is 1. The lowest BCUT2D eigenvalue weighted by Gasteiger charge is -2.05. The number of ether oxygens (including phenoxy) is 1. The predicted octanol–water partition coefficient (Wildman–Crippen LogP) is 2.91. The largest absolute Gasteiger partial charge is 0.478 e. The summed E-state index contributed by atoms with van der Waals surface area (Å²) in [5.74, 6) is -1.02. The Labute approximate surface area is 139 Å². The first kappa shape index (κ1) is 17.1. The molecule has 0 spiro atoms. The first-order valence-corrected chi connectivity index (χ1v) is 7.30. The van der Waals surface area contributed by atoms with Crippen LogP contribution in [0.15, 0.2) is 54.6 Å². The molecule has 2 rings (SSSR count). The minimum Gasteiger partial charge on any atom is -0.478 e. The molecular formula is C18H18N2O4. The maximum Gasteiger partial charge on any atom is 0.407 e. The van der Waals surface area contributed by atoms with Crippen LogP contribution in [0.5, 0.6) is 0 Å². The zero-order chi connectivity index (χ0) is 17.4. The van der Waals surface area contributed by atoms with Gasteiger partial charge in [-0.2, -0.15) is 0 Å². The summed E-state index contributed by atoms with van der Waals surface area (Å²) in [5.41, 5.74) is 7.88. The van der Waals surface area contributed by atoms with Gasteiger partial charge in [-0.1, -0.05) is 42.5 Å². The maximum absolute atomic E-state index is 11.6. The summed E-state index contributed by atoms with van der Waals surface area (Å²) in [7, 11) is 0. The molecule has 24 heavy (non-hydrogen) atoms. The molecule has 0 saturated heterocycles. The molecule has 0 radical (unpaired) electrons. The molecule has 4 N–H and O–H groups in total. The number of rotatable bonds is 6. The van der Waals surface area contributed by atoms with Crippen LogP contribution in [-0.2, 0) is 11.3 Å². The third kappa shape index (κ3) is 5.17. The molecule has 0 atom stereocenters. The Morgan fingerprint density at radius 2 is 1.92 bits per heavy atom. The van der Waals surface area contributed by atoms with Gasteiger partial charge in [0.15, 0.2) is 0 Å². The van der Waals surface area contributed by atoms with Crippen molar-refractivity contribution in [1.29, 1.82) is 0 Å². The zero-order valence-electron chi connectivity index (χ0n) is 12.9. The molecule has 6 heteroatoms. The summed E-state index contributed by atoms with van der Waals surface area (Å²) in [6.07, 6.45) is 2.79. The number of carboxylic acids is 1. The van der Waals surface area contributed by atoms with Crippen LogP contribution in [0, 0.1) is 0 Å². The number of nitrogens with one attached hydrogen (secondary N) is 1. The number of nitrogen functional groups attached to an aromatic ring is 1. The molecule has 6 nitrogen and oxygen atoms in total. The normalized spacial score (nSPS) is 10.5. The summed E-state index contributed by atoms with van der Waals surface area (Å²) in [6.45, 7) is 0.439. The van der Waals surface area contributed by atoms with Gasteiger partial charge in [-0.05, 0) is 29.3 Å². The summed E-state index contributed by atoms with van der Waals surface area (Å²) in [4.78, 5) is 22.5. The van der Waals surface area contributed by atoms with E-state index in [1.54, 1.807) is 12.2 Å². The van der Waals surface area contributed by atoms with Crippen LogP contribution in [-0.4, -0.2) is 23.7 Å². The smallest absolute Gasteiger partial charge is 0.407 e. The molecular weight excluding hydrogens is 308 g/mol. The minimum atomic E-state index is -1.02. The van der Waals surface area contributed by atoms with Gasteiger partial charge in [0.25, 0.3) is 0 Å². The van der Waals surface area contributed by atoms with Gasteiger partial charge in [0.05, 0.1) is 5.56 Å². The topological polar surface area (TPSA) is 102 Å². The van der Waals surface area contributed by atoms with Crippen molar-refractivity contribution >= 4 is 23.8 Å². The van der Waals surface area contributed by atoms with Crippen molar-refractivity contribution < 1.29 is 19.4 Å². The summed E-state index contributed by atoms with van der Waals surface area (Å²) < 4.78 is 5.07. The second kappa shape index (κ2) is 8.38. The fraction of sp³-hybridized carbons (Fsp3) is 0.111. The molecule has 124 valence electrons. The van der Waals surface area contributed by atoms with Crippen molar-refractivity contribution in [2.75, 3.05) is 12.3 Å². The third-order valence-electron chi connectivity index (χ3n) is 3.21. The number of hydrogen-bond acceptors (Lipinski definition) is 4. The fourth-order valence-electron chi connectivity index (χ4n) is 1.95. The second-order valence-electron chi connectivity index (χ2n) is 4.99. The molecule has 1 amide bonds. The molecule has 0 aliphatic heterocycles. The van der Waals surface area contributed by atoms with E-state index in [0.29, 0.717) is 11.3 Å². The quantitative estimate of drug-likeness (QED) is 0.708. The molecule has 2 aromatic carbocycles. The lowest BCUT2D eigenvalue weighted by molar-refractivity contribution is 0.0697. The Balaban J connectivity index is 1.81. The number of benzene rings is 2. The van der Waals surface area contributed by atoms with Gasteiger partial charge >= 0.3 is 12.1 Å². The van der Waals surface area contributed by atoms with Crippen molar-refractivity contribution in [2.24, 2.45) is 0 Å². The van der Waals surface area contributed by atoms with E-state index in [9.17, 15) is 9.59 Å². The van der Waals surface area contributed by atoms with Gasteiger partial charge in [-0.15, -0.1) is 0 Å². The number of anilines is 1. The Hall–Kier alpha value is -3.28. The molecule has 2 aromatic rings. The van der Waals surface area contributed by atoms with Crippen LogP contribution in [0.3, 0.4) is 0 Å². The van der Waals surface area contributed by atoms with Gasteiger partial charge < -0.3 is 20.9 Å². The van der Waals surface area contributed by atoms with Gasteiger partial charge in [0, 0.05) is 12.2 Å². The van der Waals surface area contributed by atoms with Crippen LogP contribution in [0.1, 0.15) is 21.5 Å². The van der Waals surface area contributed by atoms with E-state index in [1.165, 1.54) is 18.2 Å². The van der Waals surface area contributed by atoms with Crippen molar-refractivity contribution in [3.05, 3.63) is 71.3 Å². The highest BCUT2D eigenvalue weighted by Gasteiger charge is 2.05. The number of carbonyl (C=O) groups excluding carboxylic acids is 1. The average molecular weight is 326 g/mol. The van der Waals surface area contributed by atoms with E-state index < -0.39 is 12.1 Å². The first-order valence-electron chi connectivity index (χ1n) is 7.30. The molecule has 0 saturated carbocycles. The van der Waals surface area contributed by atoms with Crippen LogP contribution >= 0.6 is 0 Å². The highest BCUT2D eigenvalue weighted by atomic mass is 16.5. The molecule has 0 aliphatic carbocycles. The zero-order valence-corrected chi connectivity index (χ0v) is 12.9. The standard InChI is InChI=1S/C18H18N2O4/c19-16-9-8-15(17(21)22)11-14(16)7-4-10-20-18(23)24-12-13-5-2-1-3-6-13/h1-9,11H,10,12,19H2,(H,20,23)(H,21,22). The Kier molecular flexibility index (Phi) is 5.96. The number of carboxylic acid groups (broad SMARTS) is 1. The van der Waals surface area contributed by atoms with Gasteiger partial charge in [-0.3, -0.25) is 0 Å². The van der Waals surface area contributed by atoms with E-state index in [1.807, 2.05) is 30.3 Å². The highest BCUT2D eigenvalue weighted by molar-refractivity contribution is 5.89. The molecule has 0 heterocycles. The summed E-state index contributed by atoms with van der Waals surface area (Å²) >= 11 is 0. The van der Waals surface area contributed by atoms with Gasteiger partial charge in [-0.25, -0.2) is 9.59 Å². The minimum absolute atomic E-state index is 0.152. The van der Waals surface area contributed by atoms with Crippen LogP contribution in [0.4, 0.5) is 10.5 Å². The summed E-state index contributed by atoms with van der Waals surface area (Å²) in [5, 5.41) is 11.5. The SMILES string of the molecule is Nc1ccc(C(=O)O)cc1C=CCNC(=O)OCc1ccccc1. The van der Waals surface area contributed by atoms with Gasteiger partial charge in [0.1, 0.15) is 6.61 Å². The molecule has 0 aliphatic rings. The van der Waals surface area contributed by atoms with Crippen molar-refractivity contribution in [3.8, 4) is 0 Å². The Morgan fingerprint density at radius 3 is 2.62 bits per heavy atom. The summed E-state index contributed by atoms with van der Waals surface area (Å²) in [6, 6.07) is 13.8.